The second-order valence-electron chi connectivity index (χ2n) is 1.14. The number of rotatable bonds is 0. The molecule has 0 fully saturated rings. The second-order valence-corrected chi connectivity index (χ2v) is 4.27. The number of imidazole rings is 1. The van der Waals surface area contributed by atoms with Gasteiger partial charge in [0.05, 0.1) is 0 Å². The average molecular weight is 350 g/mol. The van der Waals surface area contributed by atoms with Gasteiger partial charge in [0.15, 0.2) is 0 Å². The van der Waals surface area contributed by atoms with E-state index in [2.05, 4.69) is 20.9 Å². The van der Waals surface area contributed by atoms with Crippen molar-refractivity contribution in [1.29, 1.82) is 0 Å². The summed E-state index contributed by atoms with van der Waals surface area (Å²) in [6.45, 7) is 0. The normalized spacial score (nSPS) is 9.14. The van der Waals surface area contributed by atoms with Crippen molar-refractivity contribution in [2.24, 2.45) is 0 Å². The van der Waals surface area contributed by atoms with Crippen LogP contribution in [0.5, 0.6) is 0 Å². The van der Waals surface area contributed by atoms with E-state index in [1.165, 1.54) is 0 Å². The van der Waals surface area contributed by atoms with Gasteiger partial charge < -0.3 is 0 Å². The molecule has 1 rings (SSSR count). The number of hydrogen-bond acceptors (Lipinski definition) is 1. The van der Waals surface area contributed by atoms with E-state index in [4.69, 9.17) is 0 Å². The Balaban J connectivity index is 3.04. The average Bonchev–Trinajstić information content (AvgIpc) is 1.87. The van der Waals surface area contributed by atoms with Crippen LogP contribution in [0, 0.1) is 0 Å². The summed E-state index contributed by atoms with van der Waals surface area (Å²) >= 11 is 4.06. The summed E-state index contributed by atoms with van der Waals surface area (Å²) < 4.78 is 2.97. The fourth-order valence-corrected chi connectivity index (χ4v) is 2.30. The molecule has 0 radical (unpaired) electrons. The van der Waals surface area contributed by atoms with Crippen LogP contribution in [-0.2, 0) is 0 Å². The summed E-state index contributed by atoms with van der Waals surface area (Å²) in [6.07, 6.45) is 3.78. The fourth-order valence-electron chi connectivity index (χ4n) is 0.311. The summed E-state index contributed by atoms with van der Waals surface area (Å²) in [4.78, 5) is 3.94. The van der Waals surface area contributed by atoms with Crippen molar-refractivity contribution in [3.63, 3.8) is 0 Å². The van der Waals surface area contributed by atoms with Gasteiger partial charge in [0.2, 0.25) is 0 Å². The third-order valence-electron chi connectivity index (χ3n) is 0.570. The van der Waals surface area contributed by atoms with Crippen molar-refractivity contribution >= 4 is 42.0 Å². The van der Waals surface area contributed by atoms with Gasteiger partial charge in [-0.05, 0) is 0 Å². The van der Waals surface area contributed by atoms with Gasteiger partial charge in [-0.2, -0.15) is 0 Å². The molecule has 0 N–H and O–H groups in total. The Morgan fingerprint density at radius 3 is 2.71 bits per heavy atom. The Bertz CT molecular complexity index is 145. The van der Waals surface area contributed by atoms with E-state index in [9.17, 15) is 0 Å². The molecule has 2 nitrogen and oxygen atoms in total. The van der Waals surface area contributed by atoms with Crippen LogP contribution in [0.2, 0.25) is 0 Å². The summed E-state index contributed by atoms with van der Waals surface area (Å²) in [5, 5.41) is 0. The SMILES string of the molecule is Brc1c[n]([Tl])cn1. The predicted molar refractivity (Wildman–Crippen MR) is 31.1 cm³/mol. The van der Waals surface area contributed by atoms with Crippen molar-refractivity contribution in [1.82, 2.24) is 7.36 Å². The molecule has 0 saturated heterocycles. The van der Waals surface area contributed by atoms with E-state index in [1.807, 2.05) is 14.9 Å². The second kappa shape index (κ2) is 2.25. The molecule has 1 aromatic heterocycles. The van der Waals surface area contributed by atoms with E-state index >= 15 is 0 Å². The van der Waals surface area contributed by atoms with Gasteiger partial charge in [-0.3, -0.25) is 0 Å². The molecule has 0 aliphatic heterocycles. The standard InChI is InChI=1S/C3H2BrN2.Tl/c4-3-1-5-2-6-3;/h1-2H;/q-1;+1. The first-order chi connectivity index (χ1) is 3.29. The number of halogens is 1. The van der Waals surface area contributed by atoms with Crippen molar-refractivity contribution in [3.8, 4) is 0 Å². The third-order valence-corrected chi connectivity index (χ3v) is 2.08. The summed E-state index contributed by atoms with van der Waals surface area (Å²) in [6, 6.07) is 0. The first kappa shape index (κ1) is 5.74. The van der Waals surface area contributed by atoms with Crippen molar-refractivity contribution in [2.45, 2.75) is 0 Å². The Morgan fingerprint density at radius 2 is 2.57 bits per heavy atom. The monoisotopic (exact) mass is 350 g/mol. The Hall–Kier alpha value is 0.612. The van der Waals surface area contributed by atoms with E-state index < -0.39 is 0 Å². The van der Waals surface area contributed by atoms with Gasteiger partial charge in [-0.25, -0.2) is 0 Å². The Kier molecular flexibility index (Phi) is 1.85. The van der Waals surface area contributed by atoms with Gasteiger partial charge in [0.1, 0.15) is 0 Å². The molecule has 7 heavy (non-hydrogen) atoms. The van der Waals surface area contributed by atoms with Gasteiger partial charge in [0.25, 0.3) is 0 Å². The summed E-state index contributed by atoms with van der Waals surface area (Å²) in [5.74, 6) is 0. The van der Waals surface area contributed by atoms with Crippen molar-refractivity contribution < 1.29 is 0 Å². The molecular formula is C3H2BrN2Tl. The minimum atomic E-state index is 0.837. The first-order valence-corrected chi connectivity index (χ1v) is 4.53. The topological polar surface area (TPSA) is 17.8 Å². The van der Waals surface area contributed by atoms with Crippen LogP contribution in [0.1, 0.15) is 0 Å². The summed E-state index contributed by atoms with van der Waals surface area (Å²) in [5.41, 5.74) is 0. The van der Waals surface area contributed by atoms with E-state index in [-0.39, 0.29) is 0 Å². The number of nitrogens with zero attached hydrogens (tertiary/aromatic N) is 2. The van der Waals surface area contributed by atoms with Crippen LogP contribution in [0.15, 0.2) is 17.1 Å². The zero-order chi connectivity index (χ0) is 5.28. The maximum absolute atomic E-state index is 3.94. The molecule has 0 aromatic carbocycles. The van der Waals surface area contributed by atoms with Gasteiger partial charge in [-0.15, -0.1) is 0 Å². The predicted octanol–water partition coefficient (Wildman–Crippen LogP) is 0.577. The zero-order valence-corrected chi connectivity index (χ0v) is 9.58. The molecule has 1 heterocycles. The molecule has 4 heteroatoms. The van der Waals surface area contributed by atoms with Crippen LogP contribution in [0.3, 0.4) is 0 Å². The van der Waals surface area contributed by atoms with Crippen molar-refractivity contribution in [3.05, 3.63) is 17.1 Å². The molecule has 0 bridgehead atoms. The van der Waals surface area contributed by atoms with Gasteiger partial charge in [0, 0.05) is 0 Å². The number of hydrogen-bond donors (Lipinski definition) is 0. The van der Waals surface area contributed by atoms with E-state index in [0.29, 0.717) is 0 Å². The third kappa shape index (κ3) is 1.52. The Labute approximate surface area is 66.2 Å². The van der Waals surface area contributed by atoms with Crippen LogP contribution in [0.25, 0.3) is 0 Å². The molecule has 0 atom stereocenters. The molecule has 0 amide bonds. The molecule has 0 aliphatic carbocycles. The Morgan fingerprint density at radius 1 is 1.86 bits per heavy atom. The fraction of sp³-hybridized carbons (Fsp3) is 0. The zero-order valence-electron chi connectivity index (χ0n) is 3.50. The molecule has 0 unspecified atom stereocenters. The van der Waals surface area contributed by atoms with Crippen LogP contribution >= 0.6 is 15.9 Å². The molecule has 34 valence electrons. The quantitative estimate of drug-likeness (QED) is 0.626. The van der Waals surface area contributed by atoms with Crippen molar-refractivity contribution in [2.75, 3.05) is 0 Å². The van der Waals surface area contributed by atoms with Crippen LogP contribution in [0.4, 0.5) is 0 Å². The van der Waals surface area contributed by atoms with Crippen LogP contribution in [-0.4, -0.2) is 33.4 Å². The maximum atomic E-state index is 3.94. The van der Waals surface area contributed by atoms with E-state index in [0.717, 1.165) is 30.7 Å². The first-order valence-electron chi connectivity index (χ1n) is 1.73. The van der Waals surface area contributed by atoms with Crippen LogP contribution < -0.4 is 0 Å². The minimum absolute atomic E-state index is 0.837. The molecule has 0 saturated carbocycles. The van der Waals surface area contributed by atoms with E-state index in [1.54, 1.807) is 0 Å². The molecule has 0 aliphatic rings. The molecule has 1 aromatic rings. The number of aromatic nitrogens is 2. The summed E-state index contributed by atoms with van der Waals surface area (Å²) in [7, 11) is 0. The van der Waals surface area contributed by atoms with Gasteiger partial charge in [-0.1, -0.05) is 0 Å². The van der Waals surface area contributed by atoms with Gasteiger partial charge >= 0.3 is 66.5 Å². The molecular weight excluding hydrogens is 348 g/mol. The molecule has 0 spiro atoms.